The van der Waals surface area contributed by atoms with Crippen molar-refractivity contribution in [2.75, 3.05) is 13.2 Å². The van der Waals surface area contributed by atoms with Crippen molar-refractivity contribution in [1.82, 2.24) is 9.55 Å². The number of hydrogen-bond acceptors (Lipinski definition) is 4. The van der Waals surface area contributed by atoms with Gasteiger partial charge in [-0.2, -0.15) is 0 Å². The number of alkyl halides is 1. The lowest BCUT2D eigenvalue weighted by molar-refractivity contribution is -0.143. The molecule has 0 bridgehead atoms. The number of ether oxygens (including phenoxy) is 2. The quantitative estimate of drug-likeness (QED) is 0.607. The van der Waals surface area contributed by atoms with Crippen LogP contribution in [0.5, 0.6) is 5.75 Å². The Hall–Kier alpha value is -1.75. The van der Waals surface area contributed by atoms with Crippen LogP contribution in [-0.4, -0.2) is 28.7 Å². The highest BCUT2D eigenvalue weighted by Crippen LogP contribution is 2.30. The maximum atomic E-state index is 11.8. The summed E-state index contributed by atoms with van der Waals surface area (Å²) in [6.07, 6.45) is 0. The van der Waals surface area contributed by atoms with Gasteiger partial charge in [-0.25, -0.2) is 4.98 Å². The third-order valence-corrected chi connectivity index (χ3v) is 3.21. The highest BCUT2D eigenvalue weighted by atomic mass is 35.5. The van der Waals surface area contributed by atoms with Crippen molar-refractivity contribution in [2.24, 2.45) is 0 Å². The number of rotatable bonds is 6. The molecule has 0 saturated carbocycles. The summed E-state index contributed by atoms with van der Waals surface area (Å²) in [5.74, 6) is 1.01. The molecule has 1 aromatic carbocycles. The number of hydrogen-bond donors (Lipinski definition) is 0. The first-order chi connectivity index (χ1) is 10.1. The Kier molecular flexibility index (Phi) is 5.07. The normalized spacial score (nSPS) is 12.4. The number of imidazole rings is 1. The Balaban J connectivity index is 2.52. The second-order valence-corrected chi connectivity index (χ2v) is 5.19. The summed E-state index contributed by atoms with van der Waals surface area (Å²) in [5, 5.41) is -0.318. The van der Waals surface area contributed by atoms with Crippen molar-refractivity contribution in [2.45, 2.75) is 32.7 Å². The summed E-state index contributed by atoms with van der Waals surface area (Å²) < 4.78 is 12.4. The van der Waals surface area contributed by atoms with Crippen LogP contribution in [0, 0.1) is 0 Å². The van der Waals surface area contributed by atoms with Gasteiger partial charge in [-0.1, -0.05) is 6.07 Å². The molecule has 0 spiro atoms. The van der Waals surface area contributed by atoms with Crippen LogP contribution in [0.4, 0.5) is 0 Å². The minimum Gasteiger partial charge on any atom is -0.492 e. The number of fused-ring (bicyclic) bond motifs is 1. The van der Waals surface area contributed by atoms with E-state index in [1.54, 1.807) is 11.5 Å². The third-order valence-electron chi connectivity index (χ3n) is 3.02. The number of para-hydroxylation sites is 1. The van der Waals surface area contributed by atoms with Gasteiger partial charge in [0, 0.05) is 0 Å². The fourth-order valence-electron chi connectivity index (χ4n) is 2.22. The van der Waals surface area contributed by atoms with Crippen LogP contribution in [0.1, 0.15) is 32.0 Å². The molecule has 1 unspecified atom stereocenters. The first-order valence-electron chi connectivity index (χ1n) is 7.00. The number of carbonyl (C=O) groups is 1. The summed E-state index contributed by atoms with van der Waals surface area (Å²) in [5.41, 5.74) is 1.53. The van der Waals surface area contributed by atoms with Crippen molar-refractivity contribution in [3.05, 3.63) is 24.0 Å². The number of halogens is 1. The molecule has 1 aromatic heterocycles. The maximum Gasteiger partial charge on any atom is 0.326 e. The van der Waals surface area contributed by atoms with Crippen LogP contribution in [0.2, 0.25) is 0 Å². The predicted octanol–water partition coefficient (Wildman–Crippen LogP) is 3.30. The van der Waals surface area contributed by atoms with Crippen LogP contribution in [0.3, 0.4) is 0 Å². The zero-order chi connectivity index (χ0) is 15.4. The van der Waals surface area contributed by atoms with E-state index in [0.29, 0.717) is 30.3 Å². The van der Waals surface area contributed by atoms with Gasteiger partial charge < -0.3 is 14.0 Å². The molecule has 0 saturated heterocycles. The minimum absolute atomic E-state index is 0.0896. The molecule has 0 N–H and O–H groups in total. The molecule has 114 valence electrons. The molecular formula is C15H19ClN2O3. The Morgan fingerprint density at radius 3 is 2.76 bits per heavy atom. The van der Waals surface area contributed by atoms with Crippen molar-refractivity contribution in [3.8, 4) is 5.75 Å². The van der Waals surface area contributed by atoms with Gasteiger partial charge in [0.1, 0.15) is 23.6 Å². The van der Waals surface area contributed by atoms with Gasteiger partial charge in [0.15, 0.2) is 0 Å². The molecule has 6 heteroatoms. The molecule has 2 rings (SSSR count). The predicted molar refractivity (Wildman–Crippen MR) is 81.8 cm³/mol. The van der Waals surface area contributed by atoms with Gasteiger partial charge in [-0.05, 0) is 32.9 Å². The monoisotopic (exact) mass is 310 g/mol. The first kappa shape index (κ1) is 15.6. The van der Waals surface area contributed by atoms with E-state index in [-0.39, 0.29) is 17.9 Å². The number of benzene rings is 1. The second kappa shape index (κ2) is 6.80. The van der Waals surface area contributed by atoms with Crippen molar-refractivity contribution < 1.29 is 14.3 Å². The molecule has 0 aliphatic carbocycles. The number of aromatic nitrogens is 2. The molecule has 0 amide bonds. The molecule has 0 aliphatic rings. The van der Waals surface area contributed by atoms with Gasteiger partial charge >= 0.3 is 5.97 Å². The maximum absolute atomic E-state index is 11.8. The van der Waals surface area contributed by atoms with E-state index in [4.69, 9.17) is 21.1 Å². The van der Waals surface area contributed by atoms with Crippen LogP contribution in [0.15, 0.2) is 18.2 Å². The second-order valence-electron chi connectivity index (χ2n) is 4.53. The zero-order valence-electron chi connectivity index (χ0n) is 12.4. The number of nitrogens with zero attached hydrogens (tertiary/aromatic N) is 2. The molecule has 1 heterocycles. The summed E-state index contributed by atoms with van der Waals surface area (Å²) in [6.45, 7) is 6.51. The third kappa shape index (κ3) is 3.29. The van der Waals surface area contributed by atoms with Crippen LogP contribution < -0.4 is 4.74 Å². The first-order valence-corrected chi connectivity index (χ1v) is 7.43. The molecule has 0 fully saturated rings. The Bertz CT molecular complexity index is 637. The molecule has 21 heavy (non-hydrogen) atoms. The van der Waals surface area contributed by atoms with Gasteiger partial charge in [0.05, 0.1) is 24.1 Å². The lowest BCUT2D eigenvalue weighted by Crippen LogP contribution is -2.15. The van der Waals surface area contributed by atoms with E-state index >= 15 is 0 Å². The highest BCUT2D eigenvalue weighted by Gasteiger charge is 2.19. The van der Waals surface area contributed by atoms with Gasteiger partial charge in [-0.3, -0.25) is 4.79 Å². The van der Waals surface area contributed by atoms with E-state index in [1.807, 2.05) is 32.0 Å². The van der Waals surface area contributed by atoms with Crippen molar-refractivity contribution >= 4 is 28.6 Å². The summed E-state index contributed by atoms with van der Waals surface area (Å²) >= 11 is 6.19. The van der Waals surface area contributed by atoms with Crippen molar-refractivity contribution in [3.63, 3.8) is 0 Å². The zero-order valence-corrected chi connectivity index (χ0v) is 13.2. The average molecular weight is 311 g/mol. The lowest BCUT2D eigenvalue weighted by Gasteiger charge is -2.09. The Morgan fingerprint density at radius 1 is 1.38 bits per heavy atom. The Labute approximate surface area is 128 Å². The Morgan fingerprint density at radius 2 is 2.14 bits per heavy atom. The summed E-state index contributed by atoms with van der Waals surface area (Å²) in [4.78, 5) is 16.3. The molecule has 0 radical (unpaired) electrons. The minimum atomic E-state index is -0.318. The van der Waals surface area contributed by atoms with E-state index in [1.165, 1.54) is 0 Å². The fraction of sp³-hybridized carbons (Fsp3) is 0.467. The smallest absolute Gasteiger partial charge is 0.326 e. The highest BCUT2D eigenvalue weighted by molar-refractivity contribution is 6.20. The largest absolute Gasteiger partial charge is 0.492 e. The van der Waals surface area contributed by atoms with Gasteiger partial charge in [0.2, 0.25) is 0 Å². The van der Waals surface area contributed by atoms with Crippen LogP contribution in [0.25, 0.3) is 11.0 Å². The van der Waals surface area contributed by atoms with E-state index in [2.05, 4.69) is 4.98 Å². The standard InChI is InChI=1S/C15H19ClN2O3/c1-4-20-12-8-6-7-11-14(12)17-15(10(3)16)18(11)9-13(19)21-5-2/h6-8,10H,4-5,9H2,1-3H3. The average Bonchev–Trinajstić information content (AvgIpc) is 2.80. The number of carbonyl (C=O) groups excluding carboxylic acids is 1. The van der Waals surface area contributed by atoms with E-state index in [0.717, 1.165) is 5.52 Å². The molecule has 1 atom stereocenters. The van der Waals surface area contributed by atoms with Crippen molar-refractivity contribution in [1.29, 1.82) is 0 Å². The van der Waals surface area contributed by atoms with Crippen LogP contribution >= 0.6 is 11.6 Å². The van der Waals surface area contributed by atoms with Gasteiger partial charge in [-0.15, -0.1) is 11.6 Å². The number of esters is 1. The van der Waals surface area contributed by atoms with Gasteiger partial charge in [0.25, 0.3) is 0 Å². The fourth-order valence-corrected chi connectivity index (χ4v) is 2.38. The molecule has 2 aromatic rings. The topological polar surface area (TPSA) is 53.4 Å². The molecule has 0 aliphatic heterocycles. The van der Waals surface area contributed by atoms with Crippen LogP contribution in [-0.2, 0) is 16.1 Å². The SMILES string of the molecule is CCOC(=O)Cn1c(C(C)Cl)nc2c(OCC)cccc21. The summed E-state index contributed by atoms with van der Waals surface area (Å²) in [7, 11) is 0. The lowest BCUT2D eigenvalue weighted by atomic mass is 10.3. The summed E-state index contributed by atoms with van der Waals surface area (Å²) in [6, 6.07) is 5.63. The molecule has 5 nitrogen and oxygen atoms in total. The van der Waals surface area contributed by atoms with E-state index in [9.17, 15) is 4.79 Å². The molecular weight excluding hydrogens is 292 g/mol. The van der Waals surface area contributed by atoms with E-state index < -0.39 is 0 Å².